The molecular weight excluding hydrogens is 204 g/mol. The Morgan fingerprint density at radius 1 is 1.44 bits per heavy atom. The molecule has 2 rings (SSSR count). The van der Waals surface area contributed by atoms with Gasteiger partial charge in [0.25, 0.3) is 0 Å². The molecule has 0 amide bonds. The Hall–Kier alpha value is -1.39. The second-order valence-electron chi connectivity index (χ2n) is 4.01. The number of rotatable bonds is 4. The summed E-state index contributed by atoms with van der Waals surface area (Å²) in [5, 5.41) is 8.89. The molecule has 4 nitrogen and oxygen atoms in total. The van der Waals surface area contributed by atoms with E-state index in [1.807, 2.05) is 31.0 Å². The Morgan fingerprint density at radius 2 is 2.25 bits per heavy atom. The third kappa shape index (κ3) is 2.40. The zero-order valence-corrected chi connectivity index (χ0v) is 9.60. The van der Waals surface area contributed by atoms with E-state index in [1.165, 1.54) is 5.56 Å². The van der Waals surface area contributed by atoms with Crippen LogP contribution in [0.4, 0.5) is 0 Å². The summed E-state index contributed by atoms with van der Waals surface area (Å²) in [6.07, 6.45) is 0.896. The van der Waals surface area contributed by atoms with Gasteiger partial charge in [-0.3, -0.25) is 4.90 Å². The molecule has 1 N–H and O–H groups in total. The molecule has 0 bridgehead atoms. The molecule has 0 aliphatic heterocycles. The highest BCUT2D eigenvalue weighted by Crippen LogP contribution is 2.17. The van der Waals surface area contributed by atoms with Crippen molar-refractivity contribution in [1.82, 2.24) is 9.88 Å². The molecule has 2 aromatic rings. The molecule has 0 saturated heterocycles. The Kier molecular flexibility index (Phi) is 3.22. The van der Waals surface area contributed by atoms with Gasteiger partial charge in [0.2, 0.25) is 0 Å². The van der Waals surface area contributed by atoms with E-state index < -0.39 is 0 Å². The van der Waals surface area contributed by atoms with Crippen molar-refractivity contribution >= 4 is 11.1 Å². The van der Waals surface area contributed by atoms with Crippen LogP contribution in [0.25, 0.3) is 11.1 Å². The first kappa shape index (κ1) is 11.1. The first-order valence-electron chi connectivity index (χ1n) is 5.34. The molecule has 0 radical (unpaired) electrons. The highest BCUT2D eigenvalue weighted by Gasteiger charge is 2.04. The molecule has 0 atom stereocenters. The SMILES string of the molecule is Cc1nc2ccc(CCN(C)CO)cc2o1. The number of fused-ring (bicyclic) bond motifs is 1. The molecule has 0 spiro atoms. The predicted molar refractivity (Wildman–Crippen MR) is 62.2 cm³/mol. The summed E-state index contributed by atoms with van der Waals surface area (Å²) in [7, 11) is 1.89. The molecule has 0 saturated carbocycles. The minimum atomic E-state index is 0.0870. The van der Waals surface area contributed by atoms with Gasteiger partial charge in [0, 0.05) is 13.5 Å². The predicted octanol–water partition coefficient (Wildman–Crippen LogP) is 1.56. The maximum Gasteiger partial charge on any atom is 0.192 e. The number of aliphatic hydroxyl groups is 1. The molecule has 0 unspecified atom stereocenters. The van der Waals surface area contributed by atoms with Crippen LogP contribution in [0.3, 0.4) is 0 Å². The molecule has 4 heteroatoms. The van der Waals surface area contributed by atoms with Gasteiger partial charge in [-0.15, -0.1) is 0 Å². The number of aromatic nitrogens is 1. The van der Waals surface area contributed by atoms with Crippen molar-refractivity contribution in [2.45, 2.75) is 13.3 Å². The van der Waals surface area contributed by atoms with Gasteiger partial charge in [-0.25, -0.2) is 4.98 Å². The quantitative estimate of drug-likeness (QED) is 0.794. The maximum atomic E-state index is 8.89. The number of hydrogen-bond acceptors (Lipinski definition) is 4. The van der Waals surface area contributed by atoms with Crippen LogP contribution in [0.15, 0.2) is 22.6 Å². The van der Waals surface area contributed by atoms with Crippen LogP contribution in [0, 0.1) is 6.92 Å². The third-order valence-corrected chi connectivity index (χ3v) is 2.58. The van der Waals surface area contributed by atoms with E-state index in [9.17, 15) is 0 Å². The van der Waals surface area contributed by atoms with E-state index >= 15 is 0 Å². The van der Waals surface area contributed by atoms with Crippen LogP contribution in [0.5, 0.6) is 0 Å². The van der Waals surface area contributed by atoms with Gasteiger partial charge in [-0.1, -0.05) is 6.07 Å². The van der Waals surface area contributed by atoms with E-state index in [4.69, 9.17) is 9.52 Å². The first-order valence-corrected chi connectivity index (χ1v) is 5.34. The number of nitrogens with zero attached hydrogens (tertiary/aromatic N) is 2. The van der Waals surface area contributed by atoms with Crippen LogP contribution < -0.4 is 0 Å². The van der Waals surface area contributed by atoms with E-state index in [-0.39, 0.29) is 6.73 Å². The minimum Gasteiger partial charge on any atom is -0.441 e. The van der Waals surface area contributed by atoms with Gasteiger partial charge < -0.3 is 9.52 Å². The average molecular weight is 220 g/mol. The molecule has 1 heterocycles. The standard InChI is InChI=1S/C12H16N2O2/c1-9-13-11-4-3-10(7-12(11)16-9)5-6-14(2)8-15/h3-4,7,15H,5-6,8H2,1-2H3. The average Bonchev–Trinajstić information content (AvgIpc) is 2.65. The van der Waals surface area contributed by atoms with Crippen molar-refractivity contribution in [3.05, 3.63) is 29.7 Å². The fourth-order valence-corrected chi connectivity index (χ4v) is 1.63. The zero-order valence-electron chi connectivity index (χ0n) is 9.60. The van der Waals surface area contributed by atoms with Crippen molar-refractivity contribution in [3.63, 3.8) is 0 Å². The molecule has 86 valence electrons. The van der Waals surface area contributed by atoms with E-state index in [1.54, 1.807) is 0 Å². The fourth-order valence-electron chi connectivity index (χ4n) is 1.63. The topological polar surface area (TPSA) is 49.5 Å². The molecule has 0 aliphatic rings. The summed E-state index contributed by atoms with van der Waals surface area (Å²) in [6.45, 7) is 2.76. The minimum absolute atomic E-state index is 0.0870. The van der Waals surface area contributed by atoms with E-state index in [2.05, 4.69) is 11.1 Å². The van der Waals surface area contributed by atoms with Gasteiger partial charge in [0.1, 0.15) is 5.52 Å². The summed E-state index contributed by atoms with van der Waals surface area (Å²) in [4.78, 5) is 6.11. The summed E-state index contributed by atoms with van der Waals surface area (Å²) in [5.74, 6) is 0.694. The zero-order chi connectivity index (χ0) is 11.5. The summed E-state index contributed by atoms with van der Waals surface area (Å²) < 4.78 is 5.47. The van der Waals surface area contributed by atoms with Crippen molar-refractivity contribution in [1.29, 1.82) is 0 Å². The summed E-state index contributed by atoms with van der Waals surface area (Å²) in [5.41, 5.74) is 2.93. The van der Waals surface area contributed by atoms with Crippen molar-refractivity contribution in [2.75, 3.05) is 20.3 Å². The molecule has 16 heavy (non-hydrogen) atoms. The fraction of sp³-hybridized carbons (Fsp3) is 0.417. The Labute approximate surface area is 94.5 Å². The molecule has 0 aliphatic carbocycles. The van der Waals surface area contributed by atoms with E-state index in [0.717, 1.165) is 24.1 Å². The lowest BCUT2D eigenvalue weighted by Gasteiger charge is -2.12. The number of oxazole rings is 1. The van der Waals surface area contributed by atoms with Gasteiger partial charge in [0.05, 0.1) is 6.73 Å². The molecule has 0 fully saturated rings. The monoisotopic (exact) mass is 220 g/mol. The Morgan fingerprint density at radius 3 is 3.00 bits per heavy atom. The molecule has 1 aromatic carbocycles. The number of aryl methyl sites for hydroxylation is 1. The highest BCUT2D eigenvalue weighted by molar-refractivity contribution is 5.73. The van der Waals surface area contributed by atoms with Crippen molar-refractivity contribution < 1.29 is 9.52 Å². The molecular formula is C12H16N2O2. The van der Waals surface area contributed by atoms with Crippen LogP contribution in [0.1, 0.15) is 11.5 Å². The number of likely N-dealkylation sites (N-methyl/N-ethyl adjacent to an activating group) is 1. The first-order chi connectivity index (χ1) is 7.69. The lowest BCUT2D eigenvalue weighted by molar-refractivity contribution is 0.134. The smallest absolute Gasteiger partial charge is 0.192 e. The van der Waals surface area contributed by atoms with Crippen LogP contribution in [-0.2, 0) is 6.42 Å². The Bertz CT molecular complexity index is 479. The normalized spacial score (nSPS) is 11.5. The van der Waals surface area contributed by atoms with Crippen LogP contribution in [-0.4, -0.2) is 35.3 Å². The summed E-state index contributed by atoms with van der Waals surface area (Å²) in [6, 6.07) is 6.04. The van der Waals surface area contributed by atoms with E-state index in [0.29, 0.717) is 5.89 Å². The van der Waals surface area contributed by atoms with Gasteiger partial charge in [-0.05, 0) is 31.2 Å². The Balaban J connectivity index is 2.13. The maximum absolute atomic E-state index is 8.89. The van der Waals surface area contributed by atoms with Crippen LogP contribution >= 0.6 is 0 Å². The third-order valence-electron chi connectivity index (χ3n) is 2.58. The molecule has 1 aromatic heterocycles. The van der Waals surface area contributed by atoms with Gasteiger partial charge >= 0.3 is 0 Å². The van der Waals surface area contributed by atoms with Gasteiger partial charge in [0.15, 0.2) is 11.5 Å². The second-order valence-corrected chi connectivity index (χ2v) is 4.01. The van der Waals surface area contributed by atoms with Crippen molar-refractivity contribution in [2.24, 2.45) is 0 Å². The van der Waals surface area contributed by atoms with Crippen molar-refractivity contribution in [3.8, 4) is 0 Å². The largest absolute Gasteiger partial charge is 0.441 e. The number of hydrogen-bond donors (Lipinski definition) is 1. The van der Waals surface area contributed by atoms with Crippen LogP contribution in [0.2, 0.25) is 0 Å². The summed E-state index contributed by atoms with van der Waals surface area (Å²) >= 11 is 0. The second kappa shape index (κ2) is 4.63. The lowest BCUT2D eigenvalue weighted by atomic mass is 10.1. The highest BCUT2D eigenvalue weighted by atomic mass is 16.3. The number of aliphatic hydroxyl groups excluding tert-OH is 1. The van der Waals surface area contributed by atoms with Gasteiger partial charge in [-0.2, -0.15) is 0 Å². The lowest BCUT2D eigenvalue weighted by Crippen LogP contribution is -2.21. The number of benzene rings is 1.